The fraction of sp³-hybridized carbons (Fsp3) is 0.804. The van der Waals surface area contributed by atoms with Crippen molar-refractivity contribution in [3.05, 3.63) is 48.6 Å². The van der Waals surface area contributed by atoms with Crippen LogP contribution in [0.1, 0.15) is 271 Å². The molecule has 0 saturated carbocycles. The molecule has 0 aromatic carbocycles. The number of carbonyl (C=O) groups is 3. The topological polar surface area (TPSA) is 78.9 Å². The summed E-state index contributed by atoms with van der Waals surface area (Å²) in [5.74, 6) is -0.891. The number of unbranched alkanes of at least 4 members (excludes halogenated alkanes) is 31. The van der Waals surface area contributed by atoms with E-state index in [4.69, 9.17) is 14.2 Å². The molecule has 1 atom stereocenters. The van der Waals surface area contributed by atoms with Crippen LogP contribution in [0.2, 0.25) is 0 Å². The smallest absolute Gasteiger partial charge is 0.306 e. The van der Waals surface area contributed by atoms with E-state index in [1.807, 2.05) is 0 Å². The third kappa shape index (κ3) is 48.4. The molecule has 0 radical (unpaired) electrons. The van der Waals surface area contributed by atoms with Crippen molar-refractivity contribution in [1.29, 1.82) is 0 Å². The lowest BCUT2D eigenvalue weighted by Gasteiger charge is -2.18. The first kappa shape index (κ1) is 59.4. The second-order valence-electron chi connectivity index (χ2n) is 17.8. The monoisotopic (exact) mass is 869 g/mol. The summed E-state index contributed by atoms with van der Waals surface area (Å²) in [6.45, 7) is 6.50. The minimum atomic E-state index is -0.779. The predicted octanol–water partition coefficient (Wildman–Crippen LogP) is 17.5. The zero-order valence-electron chi connectivity index (χ0n) is 41.1. The summed E-state index contributed by atoms with van der Waals surface area (Å²) in [5, 5.41) is 0. The zero-order chi connectivity index (χ0) is 45.1. The molecule has 0 fully saturated rings. The first-order valence-electron chi connectivity index (χ1n) is 26.7. The van der Waals surface area contributed by atoms with Crippen molar-refractivity contribution in [3.63, 3.8) is 0 Å². The van der Waals surface area contributed by atoms with Crippen molar-refractivity contribution < 1.29 is 28.6 Å². The SMILES string of the molecule is CC\C=C/C=C\C=C/CCCCCCCCCC(=O)OC(COC(=O)CCCCCCC/C=C\CCCCCCCCCCC)COC(=O)CCCCCCCCCCCCC. The minimum absolute atomic E-state index is 0.0785. The van der Waals surface area contributed by atoms with Crippen molar-refractivity contribution in [2.45, 2.75) is 277 Å². The molecule has 0 bridgehead atoms. The molecule has 6 nitrogen and oxygen atoms in total. The molecule has 0 spiro atoms. The zero-order valence-corrected chi connectivity index (χ0v) is 41.1. The molecule has 0 aliphatic rings. The average Bonchev–Trinajstić information content (AvgIpc) is 3.27. The van der Waals surface area contributed by atoms with Gasteiger partial charge in [-0.25, -0.2) is 0 Å². The second kappa shape index (κ2) is 51.0. The number of hydrogen-bond acceptors (Lipinski definition) is 6. The molecule has 0 rings (SSSR count). The normalized spacial score (nSPS) is 12.4. The molecule has 0 aliphatic heterocycles. The van der Waals surface area contributed by atoms with E-state index >= 15 is 0 Å². The van der Waals surface area contributed by atoms with Crippen LogP contribution in [0.15, 0.2) is 48.6 Å². The van der Waals surface area contributed by atoms with Crippen molar-refractivity contribution >= 4 is 17.9 Å². The van der Waals surface area contributed by atoms with Gasteiger partial charge in [0.25, 0.3) is 0 Å². The third-order valence-electron chi connectivity index (χ3n) is 11.6. The van der Waals surface area contributed by atoms with Crippen LogP contribution in [0, 0.1) is 0 Å². The van der Waals surface area contributed by atoms with Crippen LogP contribution in [0.4, 0.5) is 0 Å². The largest absolute Gasteiger partial charge is 0.462 e. The Morgan fingerprint density at radius 1 is 0.339 bits per heavy atom. The van der Waals surface area contributed by atoms with Crippen LogP contribution in [0.3, 0.4) is 0 Å². The first-order chi connectivity index (χ1) is 30.5. The van der Waals surface area contributed by atoms with Gasteiger partial charge in [-0.05, 0) is 64.2 Å². The summed E-state index contributed by atoms with van der Waals surface area (Å²) < 4.78 is 16.8. The van der Waals surface area contributed by atoms with Gasteiger partial charge in [-0.15, -0.1) is 0 Å². The summed E-state index contributed by atoms with van der Waals surface area (Å²) in [7, 11) is 0. The first-order valence-corrected chi connectivity index (χ1v) is 26.7. The van der Waals surface area contributed by atoms with Crippen molar-refractivity contribution in [2.75, 3.05) is 13.2 Å². The van der Waals surface area contributed by atoms with Crippen LogP contribution >= 0.6 is 0 Å². The fourth-order valence-corrected chi connectivity index (χ4v) is 7.61. The maximum Gasteiger partial charge on any atom is 0.306 e. The Bertz CT molecular complexity index is 1090. The maximum atomic E-state index is 12.8. The Kier molecular flexibility index (Phi) is 48.8. The highest BCUT2D eigenvalue weighted by atomic mass is 16.6. The standard InChI is InChI=1S/C56H100O6/c1-4-7-10-13-16-19-22-24-26-27-28-30-31-34-37-40-43-46-49-55(58)61-52-53(51-60-54(57)48-45-42-39-36-33-21-18-15-12-9-6-3)62-56(59)50-47-44-41-38-35-32-29-25-23-20-17-14-11-8-5-2/h8,11,14,17,20,23,28,30,53H,4-7,9-10,12-13,15-16,18-19,21-22,24-27,29,31-52H2,1-3H3/b11-8-,17-14-,23-20-,30-28-. The Balaban J connectivity index is 4.35. The molecule has 360 valence electrons. The van der Waals surface area contributed by atoms with Crippen LogP contribution in [0.25, 0.3) is 0 Å². The Labute approximate surface area is 384 Å². The Hall–Kier alpha value is -2.63. The molecule has 0 aromatic heterocycles. The van der Waals surface area contributed by atoms with Crippen molar-refractivity contribution in [2.24, 2.45) is 0 Å². The van der Waals surface area contributed by atoms with E-state index in [1.165, 1.54) is 154 Å². The number of carbonyl (C=O) groups excluding carboxylic acids is 3. The van der Waals surface area contributed by atoms with Crippen molar-refractivity contribution in [3.8, 4) is 0 Å². The summed E-state index contributed by atoms with van der Waals surface area (Å²) >= 11 is 0. The number of ether oxygens (including phenoxy) is 3. The van der Waals surface area contributed by atoms with E-state index in [2.05, 4.69) is 69.4 Å². The van der Waals surface area contributed by atoms with Gasteiger partial charge in [0.05, 0.1) is 0 Å². The van der Waals surface area contributed by atoms with Gasteiger partial charge in [-0.1, -0.05) is 236 Å². The van der Waals surface area contributed by atoms with Crippen LogP contribution in [-0.4, -0.2) is 37.2 Å². The molecule has 6 heteroatoms. The Morgan fingerprint density at radius 3 is 1.02 bits per heavy atom. The number of allylic oxidation sites excluding steroid dienone is 8. The lowest BCUT2D eigenvalue weighted by molar-refractivity contribution is -0.167. The molecule has 0 aromatic rings. The maximum absolute atomic E-state index is 12.8. The predicted molar refractivity (Wildman–Crippen MR) is 265 cm³/mol. The lowest BCUT2D eigenvalue weighted by Crippen LogP contribution is -2.30. The van der Waals surface area contributed by atoms with E-state index < -0.39 is 6.10 Å². The quantitative estimate of drug-likeness (QED) is 0.0199. The van der Waals surface area contributed by atoms with Gasteiger partial charge in [-0.3, -0.25) is 14.4 Å². The molecular formula is C56H100O6. The molecule has 0 saturated heterocycles. The van der Waals surface area contributed by atoms with Crippen LogP contribution in [-0.2, 0) is 28.6 Å². The van der Waals surface area contributed by atoms with E-state index in [9.17, 15) is 14.4 Å². The van der Waals surface area contributed by atoms with Crippen LogP contribution < -0.4 is 0 Å². The van der Waals surface area contributed by atoms with E-state index in [0.717, 1.165) is 77.0 Å². The lowest BCUT2D eigenvalue weighted by atomic mass is 10.1. The fourth-order valence-electron chi connectivity index (χ4n) is 7.61. The van der Waals surface area contributed by atoms with E-state index in [0.29, 0.717) is 19.3 Å². The van der Waals surface area contributed by atoms with E-state index in [-0.39, 0.29) is 31.1 Å². The highest BCUT2D eigenvalue weighted by molar-refractivity contribution is 5.71. The summed E-state index contributed by atoms with van der Waals surface area (Å²) in [6, 6.07) is 0. The van der Waals surface area contributed by atoms with Gasteiger partial charge in [-0.2, -0.15) is 0 Å². The molecule has 62 heavy (non-hydrogen) atoms. The molecule has 0 aliphatic carbocycles. The Morgan fingerprint density at radius 2 is 0.645 bits per heavy atom. The van der Waals surface area contributed by atoms with Crippen molar-refractivity contribution in [1.82, 2.24) is 0 Å². The molecule has 0 heterocycles. The summed E-state index contributed by atoms with van der Waals surface area (Å²) in [5.41, 5.74) is 0. The summed E-state index contributed by atoms with van der Waals surface area (Å²) in [6.07, 6.45) is 61.0. The van der Waals surface area contributed by atoms with Gasteiger partial charge >= 0.3 is 17.9 Å². The van der Waals surface area contributed by atoms with Gasteiger partial charge < -0.3 is 14.2 Å². The number of hydrogen-bond donors (Lipinski definition) is 0. The highest BCUT2D eigenvalue weighted by Gasteiger charge is 2.19. The highest BCUT2D eigenvalue weighted by Crippen LogP contribution is 2.15. The van der Waals surface area contributed by atoms with Gasteiger partial charge in [0.2, 0.25) is 0 Å². The van der Waals surface area contributed by atoms with Gasteiger partial charge in [0.1, 0.15) is 13.2 Å². The van der Waals surface area contributed by atoms with Gasteiger partial charge in [0, 0.05) is 19.3 Å². The van der Waals surface area contributed by atoms with Gasteiger partial charge in [0.15, 0.2) is 6.10 Å². The minimum Gasteiger partial charge on any atom is -0.462 e. The average molecular weight is 869 g/mol. The van der Waals surface area contributed by atoms with Crippen LogP contribution in [0.5, 0.6) is 0 Å². The second-order valence-corrected chi connectivity index (χ2v) is 17.8. The van der Waals surface area contributed by atoms with E-state index in [1.54, 1.807) is 0 Å². The third-order valence-corrected chi connectivity index (χ3v) is 11.6. The number of rotatable bonds is 48. The molecular weight excluding hydrogens is 769 g/mol. The molecule has 1 unspecified atom stereocenters. The number of esters is 3. The molecule has 0 N–H and O–H groups in total. The molecule has 0 amide bonds. The summed E-state index contributed by atoms with van der Waals surface area (Å²) in [4.78, 5) is 38.0.